The van der Waals surface area contributed by atoms with Gasteiger partial charge < -0.3 is 0 Å². The Kier molecular flexibility index (Phi) is 1.89. The summed E-state index contributed by atoms with van der Waals surface area (Å²) >= 11 is 0. The van der Waals surface area contributed by atoms with Crippen molar-refractivity contribution in [3.05, 3.63) is 24.3 Å². The minimum atomic E-state index is 0.553. The maximum Gasteiger partial charge on any atom is 0.111 e. The van der Waals surface area contributed by atoms with Gasteiger partial charge in [-0.3, -0.25) is 4.99 Å². The molecule has 0 fully saturated rings. The lowest BCUT2D eigenvalue weighted by Gasteiger charge is -1.93. The summed E-state index contributed by atoms with van der Waals surface area (Å²) in [4.78, 5) is 3.68. The van der Waals surface area contributed by atoms with Gasteiger partial charge in [0.1, 0.15) is 5.69 Å². The maximum atomic E-state index is 6.73. The van der Waals surface area contributed by atoms with Gasteiger partial charge in [-0.2, -0.15) is 5.11 Å². The van der Waals surface area contributed by atoms with Gasteiger partial charge in [0, 0.05) is 0 Å². The van der Waals surface area contributed by atoms with Gasteiger partial charge in [0.15, 0.2) is 0 Å². The molecule has 3 nitrogen and oxygen atoms in total. The molecule has 0 spiro atoms. The van der Waals surface area contributed by atoms with Crippen LogP contribution in [0.5, 0.6) is 0 Å². The third kappa shape index (κ3) is 1.07. The van der Waals surface area contributed by atoms with Crippen molar-refractivity contribution in [1.29, 1.82) is 5.53 Å². The highest BCUT2D eigenvalue weighted by atomic mass is 15.0. The first-order valence-corrected chi connectivity index (χ1v) is 2.81. The van der Waals surface area contributed by atoms with Gasteiger partial charge >= 0.3 is 0 Å². The van der Waals surface area contributed by atoms with Crippen LogP contribution in [0.4, 0.5) is 11.4 Å². The highest BCUT2D eigenvalue weighted by molar-refractivity contribution is 5.63. The van der Waals surface area contributed by atoms with E-state index in [1.54, 1.807) is 12.1 Å². The summed E-state index contributed by atoms with van der Waals surface area (Å²) in [5, 5.41) is 3.26. The van der Waals surface area contributed by atoms with Crippen LogP contribution in [-0.4, -0.2) is 6.72 Å². The van der Waals surface area contributed by atoms with Crippen LogP contribution in [0.3, 0.4) is 0 Å². The van der Waals surface area contributed by atoms with Gasteiger partial charge in [0.05, 0.1) is 5.69 Å². The summed E-state index contributed by atoms with van der Waals surface area (Å²) in [5.41, 5.74) is 7.93. The fourth-order valence-corrected chi connectivity index (χ4v) is 0.692. The van der Waals surface area contributed by atoms with E-state index in [9.17, 15) is 0 Å². The molecule has 3 heteroatoms. The summed E-state index contributed by atoms with van der Waals surface area (Å²) in [6, 6.07) is 7.12. The molecule has 10 heavy (non-hydrogen) atoms. The Bertz CT molecular complexity index is 228. The summed E-state index contributed by atoms with van der Waals surface area (Å²) in [6.07, 6.45) is 0. The molecule has 0 aliphatic rings. The second kappa shape index (κ2) is 2.87. The number of nitrogens with one attached hydrogen (secondary N) is 1. The lowest BCUT2D eigenvalue weighted by Crippen LogP contribution is -1.63. The summed E-state index contributed by atoms with van der Waals surface area (Å²) in [6.45, 7) is 3.35. The molecule has 50 valence electrons. The molecule has 0 saturated heterocycles. The van der Waals surface area contributed by atoms with E-state index in [2.05, 4.69) is 16.8 Å². The van der Waals surface area contributed by atoms with Crippen LogP contribution in [0.15, 0.2) is 34.4 Å². The van der Waals surface area contributed by atoms with Crippen molar-refractivity contribution in [3.63, 3.8) is 0 Å². The van der Waals surface area contributed by atoms with Gasteiger partial charge in [-0.15, -0.1) is 0 Å². The lowest BCUT2D eigenvalue weighted by atomic mass is 10.3. The van der Waals surface area contributed by atoms with E-state index in [4.69, 9.17) is 5.53 Å². The number of hydrogen-bond acceptors (Lipinski definition) is 3. The van der Waals surface area contributed by atoms with Crippen molar-refractivity contribution in [2.45, 2.75) is 0 Å². The van der Waals surface area contributed by atoms with Crippen molar-refractivity contribution in [3.8, 4) is 0 Å². The zero-order valence-corrected chi connectivity index (χ0v) is 5.41. The standard InChI is InChI=1S/C7H7N3/c1-9-6-4-2-3-5-7(6)10-8/h2-5,8H,1H2. The highest BCUT2D eigenvalue weighted by Crippen LogP contribution is 2.25. The van der Waals surface area contributed by atoms with Crippen molar-refractivity contribution >= 4 is 18.1 Å². The maximum absolute atomic E-state index is 6.73. The number of benzene rings is 1. The Morgan fingerprint density at radius 2 is 1.80 bits per heavy atom. The molecule has 1 aromatic rings. The van der Waals surface area contributed by atoms with Gasteiger partial charge in [0.2, 0.25) is 0 Å². The Balaban J connectivity index is 3.20. The normalized spacial score (nSPS) is 8.80. The number of nitrogens with zero attached hydrogens (tertiary/aromatic N) is 2. The Morgan fingerprint density at radius 1 is 1.20 bits per heavy atom. The molecule has 0 bridgehead atoms. The van der Waals surface area contributed by atoms with E-state index in [0.717, 1.165) is 0 Å². The predicted molar refractivity (Wildman–Crippen MR) is 40.5 cm³/mol. The average molecular weight is 133 g/mol. The quantitative estimate of drug-likeness (QED) is 0.476. The Labute approximate surface area is 58.9 Å². The first-order chi connectivity index (χ1) is 4.88. The van der Waals surface area contributed by atoms with Crippen LogP contribution >= 0.6 is 0 Å². The van der Waals surface area contributed by atoms with Gasteiger partial charge in [-0.1, -0.05) is 12.1 Å². The molecule has 0 unspecified atom stereocenters. The molecule has 0 aliphatic heterocycles. The molecule has 0 amide bonds. The Hall–Kier alpha value is -1.51. The average Bonchev–Trinajstić information content (AvgIpc) is 2.04. The summed E-state index contributed by atoms with van der Waals surface area (Å²) in [5.74, 6) is 0. The molecule has 1 N–H and O–H groups in total. The van der Waals surface area contributed by atoms with Gasteiger partial charge in [-0.25, -0.2) is 5.53 Å². The van der Waals surface area contributed by atoms with Crippen LogP contribution in [-0.2, 0) is 0 Å². The molecule has 0 saturated carbocycles. The van der Waals surface area contributed by atoms with Crippen LogP contribution in [0, 0.1) is 5.53 Å². The number of hydrogen-bond donors (Lipinski definition) is 1. The minimum absolute atomic E-state index is 0.553. The molecule has 0 heterocycles. The van der Waals surface area contributed by atoms with Crippen molar-refractivity contribution in [2.24, 2.45) is 10.1 Å². The van der Waals surface area contributed by atoms with Gasteiger partial charge in [-0.05, 0) is 18.9 Å². The molecule has 0 aliphatic carbocycles. The third-order valence-corrected chi connectivity index (χ3v) is 1.17. The zero-order valence-electron chi connectivity index (χ0n) is 5.41. The molecular formula is C7H7N3. The lowest BCUT2D eigenvalue weighted by molar-refractivity contribution is 1.15. The number of rotatable bonds is 2. The molecule has 0 atom stereocenters. The SMILES string of the molecule is C=Nc1ccccc1N=N. The molecule has 0 radical (unpaired) electrons. The van der Waals surface area contributed by atoms with Crippen molar-refractivity contribution in [2.75, 3.05) is 0 Å². The topological polar surface area (TPSA) is 48.6 Å². The Morgan fingerprint density at radius 3 is 2.20 bits per heavy atom. The highest BCUT2D eigenvalue weighted by Gasteiger charge is 1.93. The van der Waals surface area contributed by atoms with E-state index in [0.29, 0.717) is 11.4 Å². The van der Waals surface area contributed by atoms with E-state index in [1.165, 1.54) is 0 Å². The second-order valence-electron chi connectivity index (χ2n) is 1.76. The number of aliphatic imine (C=N–C) groups is 1. The van der Waals surface area contributed by atoms with Crippen LogP contribution in [0.1, 0.15) is 0 Å². The monoisotopic (exact) mass is 133 g/mol. The summed E-state index contributed by atoms with van der Waals surface area (Å²) in [7, 11) is 0. The van der Waals surface area contributed by atoms with E-state index < -0.39 is 0 Å². The fourth-order valence-electron chi connectivity index (χ4n) is 0.692. The van der Waals surface area contributed by atoms with E-state index in [1.807, 2.05) is 12.1 Å². The van der Waals surface area contributed by atoms with Crippen molar-refractivity contribution in [1.82, 2.24) is 0 Å². The fraction of sp³-hybridized carbons (Fsp3) is 0. The number of para-hydroxylation sites is 2. The predicted octanol–water partition coefficient (Wildman–Crippen LogP) is 2.68. The first-order valence-electron chi connectivity index (χ1n) is 2.81. The molecular weight excluding hydrogens is 126 g/mol. The van der Waals surface area contributed by atoms with E-state index >= 15 is 0 Å². The van der Waals surface area contributed by atoms with Crippen LogP contribution < -0.4 is 0 Å². The zero-order chi connectivity index (χ0) is 7.40. The third-order valence-electron chi connectivity index (χ3n) is 1.17. The van der Waals surface area contributed by atoms with Crippen molar-refractivity contribution < 1.29 is 0 Å². The van der Waals surface area contributed by atoms with Crippen LogP contribution in [0.2, 0.25) is 0 Å². The largest absolute Gasteiger partial charge is 0.262 e. The molecule has 1 rings (SSSR count). The minimum Gasteiger partial charge on any atom is -0.262 e. The second-order valence-corrected chi connectivity index (χ2v) is 1.76. The van der Waals surface area contributed by atoms with Gasteiger partial charge in [0.25, 0.3) is 0 Å². The molecule has 1 aromatic carbocycles. The smallest absolute Gasteiger partial charge is 0.111 e. The summed E-state index contributed by atoms with van der Waals surface area (Å²) < 4.78 is 0. The van der Waals surface area contributed by atoms with Crippen LogP contribution in [0.25, 0.3) is 0 Å². The first kappa shape index (κ1) is 6.61. The molecule has 0 aromatic heterocycles. The van der Waals surface area contributed by atoms with E-state index in [-0.39, 0.29) is 0 Å².